The predicted octanol–water partition coefficient (Wildman–Crippen LogP) is 5.61. The van der Waals surface area contributed by atoms with Crippen LogP contribution in [-0.2, 0) is 20.7 Å². The lowest BCUT2D eigenvalue weighted by Gasteiger charge is -2.29. The average molecular weight is 390 g/mol. The maximum Gasteiger partial charge on any atom is 0.339 e. The Labute approximate surface area is 166 Å². The fraction of sp³-hybridized carbons (Fsp3) is 0.455. The van der Waals surface area contributed by atoms with Gasteiger partial charge in [-0.3, -0.25) is 4.98 Å². The summed E-state index contributed by atoms with van der Waals surface area (Å²) in [7, 11) is 1.37. The maximum absolute atomic E-state index is 12.6. The summed E-state index contributed by atoms with van der Waals surface area (Å²) < 4.78 is 11.2. The highest BCUT2D eigenvalue weighted by Gasteiger charge is 2.33. The first-order valence-electron chi connectivity index (χ1n) is 9.10. The third-order valence-electron chi connectivity index (χ3n) is 4.39. The number of hydrogen-bond donors (Lipinski definition) is 0. The molecule has 1 atom stereocenters. The number of benzene rings is 1. The minimum absolute atomic E-state index is 0.436. The van der Waals surface area contributed by atoms with Gasteiger partial charge in [-0.2, -0.15) is 0 Å². The number of aromatic nitrogens is 1. The van der Waals surface area contributed by atoms with Crippen LogP contribution in [0.3, 0.4) is 0 Å². The molecule has 0 aliphatic carbocycles. The van der Waals surface area contributed by atoms with Crippen LogP contribution in [0.15, 0.2) is 24.3 Å². The van der Waals surface area contributed by atoms with Crippen LogP contribution in [0.25, 0.3) is 11.1 Å². The zero-order chi connectivity index (χ0) is 20.4. The summed E-state index contributed by atoms with van der Waals surface area (Å²) in [6.45, 7) is 11.8. The van der Waals surface area contributed by atoms with Crippen LogP contribution >= 0.6 is 11.6 Å². The van der Waals surface area contributed by atoms with Crippen molar-refractivity contribution in [1.29, 1.82) is 0 Å². The molecule has 2 aromatic rings. The second-order valence-corrected chi connectivity index (χ2v) is 7.99. The van der Waals surface area contributed by atoms with Gasteiger partial charge in [-0.15, -0.1) is 0 Å². The van der Waals surface area contributed by atoms with E-state index >= 15 is 0 Å². The zero-order valence-corrected chi connectivity index (χ0v) is 17.9. The molecule has 0 amide bonds. The monoisotopic (exact) mass is 389 g/mol. The molecule has 1 unspecified atom stereocenters. The van der Waals surface area contributed by atoms with E-state index in [1.54, 1.807) is 0 Å². The number of ether oxygens (including phenoxy) is 2. The standard InChI is InChI=1S/C22H28ClNO3/c1-8-17-13(2)18(15-9-11-16(23)12-10-15)19(14(3)24-17)20(21(25)26-7)27-22(4,5)6/h9-12,20H,8H2,1-7H3. The van der Waals surface area contributed by atoms with E-state index in [0.29, 0.717) is 5.02 Å². The van der Waals surface area contributed by atoms with Crippen molar-refractivity contribution in [3.8, 4) is 11.1 Å². The van der Waals surface area contributed by atoms with Crippen molar-refractivity contribution in [1.82, 2.24) is 4.98 Å². The van der Waals surface area contributed by atoms with Gasteiger partial charge in [0.1, 0.15) is 0 Å². The van der Waals surface area contributed by atoms with E-state index in [0.717, 1.165) is 40.1 Å². The average Bonchev–Trinajstić information content (AvgIpc) is 2.60. The highest BCUT2D eigenvalue weighted by Crippen LogP contribution is 2.38. The second kappa shape index (κ2) is 8.41. The number of carbonyl (C=O) groups excluding carboxylic acids is 1. The molecule has 0 bridgehead atoms. The van der Waals surface area contributed by atoms with Gasteiger partial charge >= 0.3 is 5.97 Å². The molecule has 1 aromatic carbocycles. The number of nitrogens with zero attached hydrogens (tertiary/aromatic N) is 1. The van der Waals surface area contributed by atoms with Gasteiger partial charge in [0.2, 0.25) is 0 Å². The number of methoxy groups -OCH3 is 1. The van der Waals surface area contributed by atoms with Crippen LogP contribution in [0.1, 0.15) is 56.3 Å². The van der Waals surface area contributed by atoms with Gasteiger partial charge in [-0.1, -0.05) is 30.7 Å². The normalized spacial score (nSPS) is 12.7. The molecule has 0 aliphatic rings. The smallest absolute Gasteiger partial charge is 0.339 e. The molecular weight excluding hydrogens is 362 g/mol. The number of carbonyl (C=O) groups is 1. The van der Waals surface area contributed by atoms with Crippen LogP contribution in [0, 0.1) is 13.8 Å². The third-order valence-corrected chi connectivity index (χ3v) is 4.64. The Hall–Kier alpha value is -1.91. The van der Waals surface area contributed by atoms with E-state index in [1.807, 2.05) is 58.9 Å². The van der Waals surface area contributed by atoms with Gasteiger partial charge in [0, 0.05) is 22.0 Å². The summed E-state index contributed by atoms with van der Waals surface area (Å²) in [4.78, 5) is 17.4. The molecule has 0 radical (unpaired) electrons. The molecule has 0 aliphatic heterocycles. The lowest BCUT2D eigenvalue weighted by atomic mass is 9.89. The minimum Gasteiger partial charge on any atom is -0.467 e. The lowest BCUT2D eigenvalue weighted by Crippen LogP contribution is -2.29. The predicted molar refractivity (Wildman–Crippen MR) is 109 cm³/mol. The summed E-state index contributed by atoms with van der Waals surface area (Å²) in [5, 5.41) is 0.662. The summed E-state index contributed by atoms with van der Waals surface area (Å²) in [6, 6.07) is 7.61. The summed E-state index contributed by atoms with van der Waals surface area (Å²) in [5.41, 5.74) is 4.94. The molecule has 1 aromatic heterocycles. The van der Waals surface area contributed by atoms with E-state index < -0.39 is 17.7 Å². The van der Waals surface area contributed by atoms with Crippen LogP contribution in [0.2, 0.25) is 5.02 Å². The molecule has 0 saturated carbocycles. The van der Waals surface area contributed by atoms with Crippen molar-refractivity contribution >= 4 is 17.6 Å². The second-order valence-electron chi connectivity index (χ2n) is 7.55. The van der Waals surface area contributed by atoms with Crippen LogP contribution in [0.4, 0.5) is 0 Å². The number of rotatable bonds is 5. The maximum atomic E-state index is 12.6. The number of aryl methyl sites for hydroxylation is 2. The fourth-order valence-electron chi connectivity index (χ4n) is 3.21. The zero-order valence-electron chi connectivity index (χ0n) is 17.1. The molecule has 146 valence electrons. The Balaban J connectivity index is 2.81. The van der Waals surface area contributed by atoms with Gasteiger partial charge in [0.05, 0.1) is 12.7 Å². The molecular formula is C22H28ClNO3. The van der Waals surface area contributed by atoms with E-state index in [1.165, 1.54) is 7.11 Å². The molecule has 1 heterocycles. The summed E-state index contributed by atoms with van der Waals surface area (Å²) in [6.07, 6.45) is -0.0610. The highest BCUT2D eigenvalue weighted by molar-refractivity contribution is 6.30. The van der Waals surface area contributed by atoms with E-state index in [2.05, 4.69) is 6.92 Å². The first-order valence-corrected chi connectivity index (χ1v) is 9.48. The van der Waals surface area contributed by atoms with Gasteiger partial charge in [-0.25, -0.2) is 4.79 Å². The molecule has 0 fully saturated rings. The van der Waals surface area contributed by atoms with Crippen LogP contribution in [-0.4, -0.2) is 23.7 Å². The van der Waals surface area contributed by atoms with Gasteiger partial charge in [0.25, 0.3) is 0 Å². The molecule has 0 saturated heterocycles. The van der Waals surface area contributed by atoms with Crippen molar-refractivity contribution in [2.24, 2.45) is 0 Å². The van der Waals surface area contributed by atoms with E-state index in [-0.39, 0.29) is 0 Å². The SMILES string of the molecule is CCc1nc(C)c(C(OC(C)(C)C)C(=O)OC)c(-c2ccc(Cl)cc2)c1C. The Kier molecular flexibility index (Phi) is 6.66. The third kappa shape index (κ3) is 4.88. The molecule has 0 spiro atoms. The molecule has 0 N–H and O–H groups in total. The Morgan fingerprint density at radius 1 is 1.19 bits per heavy atom. The molecule has 2 rings (SSSR count). The van der Waals surface area contributed by atoms with Crippen molar-refractivity contribution in [2.45, 2.75) is 59.7 Å². The fourth-order valence-corrected chi connectivity index (χ4v) is 3.34. The largest absolute Gasteiger partial charge is 0.467 e. The Morgan fingerprint density at radius 2 is 1.78 bits per heavy atom. The lowest BCUT2D eigenvalue weighted by molar-refractivity contribution is -0.164. The van der Waals surface area contributed by atoms with Crippen molar-refractivity contribution in [3.05, 3.63) is 51.8 Å². The van der Waals surface area contributed by atoms with Crippen LogP contribution < -0.4 is 0 Å². The highest BCUT2D eigenvalue weighted by atomic mass is 35.5. The Morgan fingerprint density at radius 3 is 2.26 bits per heavy atom. The number of pyridine rings is 1. The first-order chi connectivity index (χ1) is 12.6. The minimum atomic E-state index is -0.863. The van der Waals surface area contributed by atoms with Crippen molar-refractivity contribution in [3.63, 3.8) is 0 Å². The summed E-state index contributed by atoms with van der Waals surface area (Å²) >= 11 is 6.08. The number of halogens is 1. The van der Waals surface area contributed by atoms with Crippen molar-refractivity contribution in [2.75, 3.05) is 7.11 Å². The van der Waals surface area contributed by atoms with Gasteiger partial charge in [0.15, 0.2) is 6.10 Å². The first kappa shape index (κ1) is 21.4. The quantitative estimate of drug-likeness (QED) is 0.623. The van der Waals surface area contributed by atoms with Gasteiger partial charge in [-0.05, 0) is 69.9 Å². The molecule has 5 heteroatoms. The van der Waals surface area contributed by atoms with E-state index in [9.17, 15) is 4.79 Å². The summed E-state index contributed by atoms with van der Waals surface area (Å²) in [5.74, 6) is -0.436. The number of esters is 1. The van der Waals surface area contributed by atoms with Crippen LogP contribution in [0.5, 0.6) is 0 Å². The topological polar surface area (TPSA) is 48.4 Å². The molecule has 27 heavy (non-hydrogen) atoms. The number of hydrogen-bond acceptors (Lipinski definition) is 4. The molecule has 4 nitrogen and oxygen atoms in total. The Bertz CT molecular complexity index is 823. The van der Waals surface area contributed by atoms with Crippen molar-refractivity contribution < 1.29 is 14.3 Å². The van der Waals surface area contributed by atoms with Gasteiger partial charge < -0.3 is 9.47 Å². The van der Waals surface area contributed by atoms with E-state index in [4.69, 9.17) is 26.1 Å².